The Balaban J connectivity index is 0.00000372. The van der Waals surface area contributed by atoms with E-state index < -0.39 is 52.8 Å². The van der Waals surface area contributed by atoms with Gasteiger partial charge in [-0.3, -0.25) is 9.11 Å². The molecule has 2 radical (unpaired) electrons. The SMILES string of the molecule is Nc1c(N=Nc2ccc(N=Nc3ccc(O)cc3O)cc2)c(S(=O)(=O)O)cc2cc(S(=O)(=O)O)c(N=Nc3ccc(N=Nc4ccc(O)cc4O)cc3)c(O)c12.[Na].[Na]. The number of aromatic hydroxyl groups is 5. The Labute approximate surface area is 372 Å². The molecule has 6 rings (SSSR count). The molecular weight excluding hydrogens is 821 g/mol. The van der Waals surface area contributed by atoms with Gasteiger partial charge in [-0.15, -0.1) is 20.5 Å². The van der Waals surface area contributed by atoms with Crippen LogP contribution in [-0.2, 0) is 20.2 Å². The number of hydrogen-bond donors (Lipinski definition) is 8. The van der Waals surface area contributed by atoms with Gasteiger partial charge in [0, 0.05) is 71.2 Å². The molecule has 0 atom stereocenters. The summed E-state index contributed by atoms with van der Waals surface area (Å²) in [7, 11) is -10.3. The van der Waals surface area contributed by atoms with E-state index in [1.54, 1.807) is 0 Å². The predicted molar refractivity (Wildman–Crippen MR) is 210 cm³/mol. The average Bonchev–Trinajstić information content (AvgIpc) is 3.13. The van der Waals surface area contributed by atoms with Crippen molar-refractivity contribution in [3.8, 4) is 28.7 Å². The summed E-state index contributed by atoms with van der Waals surface area (Å²) in [6.07, 6.45) is 0. The van der Waals surface area contributed by atoms with Crippen LogP contribution in [0.5, 0.6) is 28.7 Å². The number of phenolic OH excluding ortho intramolecular Hbond substituents is 5. The van der Waals surface area contributed by atoms with Crippen molar-refractivity contribution in [1.82, 2.24) is 0 Å². The Morgan fingerprint density at radius 2 is 0.793 bits per heavy atom. The molecule has 0 heterocycles. The van der Waals surface area contributed by atoms with E-state index in [-0.39, 0.29) is 116 Å². The van der Waals surface area contributed by atoms with Gasteiger partial charge in [-0.05, 0) is 90.3 Å². The summed E-state index contributed by atoms with van der Waals surface area (Å²) in [4.78, 5) is -1.91. The summed E-state index contributed by atoms with van der Waals surface area (Å²) in [6.45, 7) is 0. The minimum atomic E-state index is -5.15. The molecule has 0 aliphatic rings. The maximum absolute atomic E-state index is 12.4. The Hall–Kier alpha value is -5.40. The molecule has 0 saturated carbocycles. The van der Waals surface area contributed by atoms with Crippen LogP contribution in [0.25, 0.3) is 10.8 Å². The molecule has 9 N–H and O–H groups in total. The van der Waals surface area contributed by atoms with E-state index in [0.29, 0.717) is 11.4 Å². The van der Waals surface area contributed by atoms with Crippen molar-refractivity contribution in [2.75, 3.05) is 5.73 Å². The third-order valence-electron chi connectivity index (χ3n) is 7.56. The molecule has 0 aliphatic heterocycles. The van der Waals surface area contributed by atoms with Crippen LogP contribution in [0.1, 0.15) is 0 Å². The second kappa shape index (κ2) is 18.5. The first-order valence-electron chi connectivity index (χ1n) is 15.5. The number of nitrogens with two attached hydrogens (primary N) is 1. The van der Waals surface area contributed by atoms with Gasteiger partial charge in [-0.1, -0.05) is 0 Å². The molecule has 0 bridgehead atoms. The Morgan fingerprint density at radius 3 is 1.16 bits per heavy atom. The molecule has 20 nitrogen and oxygen atoms in total. The van der Waals surface area contributed by atoms with Gasteiger partial charge in [0.25, 0.3) is 20.2 Å². The van der Waals surface area contributed by atoms with Gasteiger partial charge >= 0.3 is 0 Å². The van der Waals surface area contributed by atoms with E-state index in [4.69, 9.17) is 5.73 Å². The molecule has 0 amide bonds. The quantitative estimate of drug-likeness (QED) is 0.0279. The number of nitrogens with zero attached hydrogens (tertiary/aromatic N) is 8. The van der Waals surface area contributed by atoms with E-state index >= 15 is 0 Å². The van der Waals surface area contributed by atoms with E-state index in [1.807, 2.05) is 0 Å². The number of benzene rings is 6. The van der Waals surface area contributed by atoms with Crippen molar-refractivity contribution >= 4 is 141 Å². The zero-order valence-electron chi connectivity index (χ0n) is 30.0. The van der Waals surface area contributed by atoms with Gasteiger partial charge in [-0.2, -0.15) is 37.3 Å². The number of phenols is 5. The minimum Gasteiger partial charge on any atom is -0.508 e. The predicted octanol–water partition coefficient (Wildman–Crippen LogP) is 8.34. The largest absolute Gasteiger partial charge is 0.508 e. The van der Waals surface area contributed by atoms with Crippen molar-refractivity contribution in [2.45, 2.75) is 9.79 Å². The molecule has 6 aromatic rings. The fourth-order valence-electron chi connectivity index (χ4n) is 4.91. The van der Waals surface area contributed by atoms with Crippen LogP contribution in [-0.4, -0.2) is 111 Å². The fourth-order valence-corrected chi connectivity index (χ4v) is 6.24. The number of fused-ring (bicyclic) bond motifs is 1. The summed E-state index contributed by atoms with van der Waals surface area (Å²) < 4.78 is 69.8. The normalized spacial score (nSPS) is 12.1. The average molecular weight is 846 g/mol. The number of rotatable bonds is 10. The van der Waals surface area contributed by atoms with Crippen LogP contribution < -0.4 is 5.73 Å². The van der Waals surface area contributed by atoms with Crippen molar-refractivity contribution in [3.63, 3.8) is 0 Å². The monoisotopic (exact) mass is 845 g/mol. The number of anilines is 1. The van der Waals surface area contributed by atoms with Gasteiger partial charge in [0.05, 0.1) is 33.8 Å². The molecular formula is C34H25N9Na2O11S2. The second-order valence-electron chi connectivity index (χ2n) is 11.4. The van der Waals surface area contributed by atoms with Gasteiger partial charge in [0.1, 0.15) is 55.5 Å². The molecule has 0 aliphatic carbocycles. The van der Waals surface area contributed by atoms with Gasteiger partial charge in [-0.25, -0.2) is 0 Å². The van der Waals surface area contributed by atoms with Crippen LogP contribution in [0.15, 0.2) is 148 Å². The third-order valence-corrected chi connectivity index (χ3v) is 9.30. The Bertz CT molecular complexity index is 2690. The number of azo groups is 4. The molecule has 0 spiro atoms. The summed E-state index contributed by atoms with van der Waals surface area (Å²) >= 11 is 0. The molecule has 286 valence electrons. The zero-order chi connectivity index (χ0) is 40.4. The maximum Gasteiger partial charge on any atom is 0.296 e. The molecule has 0 saturated heterocycles. The summed E-state index contributed by atoms with van der Waals surface area (Å²) in [5, 5.41) is 80.5. The Kier molecular flexibility index (Phi) is 14.4. The minimum absolute atomic E-state index is 0. The van der Waals surface area contributed by atoms with Gasteiger partial charge in [0.15, 0.2) is 5.75 Å². The standard InChI is InChI=1S/C34H25N9O11S2.2Na/c35-31-30-17(13-28(55(49,50)51)32(31)42-38-20-5-1-18(2-6-20)36-40-24-11-9-22(44)15-26(24)46)14-29(56(52,53)54)33(34(30)48)43-39-21-7-3-19(4-8-21)37-41-25-12-10-23(45)16-27(25)47;;/h1-16,44-48H,35H2,(H,49,50,51)(H,52,53,54);;. The van der Waals surface area contributed by atoms with Gasteiger partial charge < -0.3 is 31.3 Å². The molecule has 0 unspecified atom stereocenters. The van der Waals surface area contributed by atoms with Crippen molar-refractivity contribution < 1.29 is 51.5 Å². The third kappa shape index (κ3) is 10.6. The fraction of sp³-hybridized carbons (Fsp3) is 0. The zero-order valence-corrected chi connectivity index (χ0v) is 35.6. The van der Waals surface area contributed by atoms with Crippen LogP contribution in [0.2, 0.25) is 0 Å². The Morgan fingerprint density at radius 1 is 0.448 bits per heavy atom. The van der Waals surface area contributed by atoms with Crippen molar-refractivity contribution in [2.24, 2.45) is 40.9 Å². The van der Waals surface area contributed by atoms with Crippen LogP contribution in [0, 0.1) is 0 Å². The van der Waals surface area contributed by atoms with Crippen LogP contribution in [0.3, 0.4) is 0 Å². The van der Waals surface area contributed by atoms with E-state index in [9.17, 15) is 51.5 Å². The molecule has 58 heavy (non-hydrogen) atoms. The second-order valence-corrected chi connectivity index (χ2v) is 14.2. The molecule has 24 heteroatoms. The first kappa shape index (κ1) is 45.3. The van der Waals surface area contributed by atoms with E-state index in [1.165, 1.54) is 72.8 Å². The number of hydrogen-bond acceptors (Lipinski definition) is 18. The summed E-state index contributed by atoms with van der Waals surface area (Å²) in [6, 6.07) is 20.3. The maximum atomic E-state index is 12.4. The van der Waals surface area contributed by atoms with E-state index in [0.717, 1.165) is 24.3 Å². The smallest absolute Gasteiger partial charge is 0.296 e. The van der Waals surface area contributed by atoms with Crippen LogP contribution in [0.4, 0.5) is 51.2 Å². The summed E-state index contributed by atoms with van der Waals surface area (Å²) in [5.41, 5.74) is 5.25. The van der Waals surface area contributed by atoms with Crippen molar-refractivity contribution in [3.05, 3.63) is 97.1 Å². The molecule has 6 aromatic carbocycles. The summed E-state index contributed by atoms with van der Waals surface area (Å²) in [5.74, 6) is -1.91. The van der Waals surface area contributed by atoms with Crippen molar-refractivity contribution in [1.29, 1.82) is 0 Å². The molecule has 0 fully saturated rings. The first-order valence-corrected chi connectivity index (χ1v) is 18.3. The van der Waals surface area contributed by atoms with Crippen LogP contribution >= 0.6 is 0 Å². The topological polar surface area (TPSA) is 335 Å². The van der Waals surface area contributed by atoms with Gasteiger partial charge in [0.2, 0.25) is 0 Å². The molecule has 0 aromatic heterocycles. The first-order chi connectivity index (χ1) is 26.5. The number of nitrogen functional groups attached to an aromatic ring is 1. The van der Waals surface area contributed by atoms with E-state index in [2.05, 4.69) is 40.9 Å².